The summed E-state index contributed by atoms with van der Waals surface area (Å²) in [7, 11) is 1.36. The van der Waals surface area contributed by atoms with Gasteiger partial charge in [0.05, 0.1) is 24.9 Å². The molecule has 0 radical (unpaired) electrons. The largest absolute Gasteiger partial charge is 0.464 e. The Morgan fingerprint density at radius 2 is 2.12 bits per heavy atom. The van der Waals surface area contributed by atoms with Gasteiger partial charge in [-0.1, -0.05) is 34.1 Å². The van der Waals surface area contributed by atoms with Gasteiger partial charge in [-0.3, -0.25) is 4.99 Å². The van der Waals surface area contributed by atoms with Crippen LogP contribution in [0, 0.1) is 0 Å². The smallest absolute Gasteiger partial charge is 0.359 e. The van der Waals surface area contributed by atoms with E-state index in [0.29, 0.717) is 12.2 Å². The number of hydrogen-bond acceptors (Lipinski definition) is 4. The maximum atomic E-state index is 12.2. The number of halogens is 1. The summed E-state index contributed by atoms with van der Waals surface area (Å²) in [4.78, 5) is 16.4. The van der Waals surface area contributed by atoms with Crippen LogP contribution in [0.15, 0.2) is 58.0 Å². The van der Waals surface area contributed by atoms with Gasteiger partial charge in [-0.05, 0) is 41.5 Å². The zero-order valence-corrected chi connectivity index (χ0v) is 15.0. The van der Waals surface area contributed by atoms with E-state index >= 15 is 0 Å². The second kappa shape index (κ2) is 6.29. The number of benzene rings is 2. The lowest BCUT2D eigenvalue weighted by molar-refractivity contribution is 0.0595. The van der Waals surface area contributed by atoms with E-state index in [0.717, 1.165) is 32.2 Å². The second-order valence-corrected chi connectivity index (χ2v) is 6.53. The predicted octanol–water partition coefficient (Wildman–Crippen LogP) is 4.04. The molecule has 0 N–H and O–H groups in total. The van der Waals surface area contributed by atoms with Crippen LogP contribution in [0.1, 0.15) is 16.1 Å². The lowest BCUT2D eigenvalue weighted by Crippen LogP contribution is -2.04. The number of fused-ring (bicyclic) bond motifs is 1. The number of methoxy groups -OCH3 is 1. The summed E-state index contributed by atoms with van der Waals surface area (Å²) in [6.45, 7) is 0.689. The zero-order chi connectivity index (χ0) is 17.4. The van der Waals surface area contributed by atoms with Gasteiger partial charge in [-0.2, -0.15) is 5.10 Å². The predicted molar refractivity (Wildman–Crippen MR) is 101 cm³/mol. The van der Waals surface area contributed by atoms with E-state index in [1.54, 1.807) is 4.68 Å². The van der Waals surface area contributed by atoms with E-state index in [-0.39, 0.29) is 0 Å². The van der Waals surface area contributed by atoms with E-state index in [1.807, 2.05) is 48.7 Å². The molecule has 5 nitrogen and oxygen atoms in total. The molecule has 1 aromatic heterocycles. The average molecular weight is 396 g/mol. The quantitative estimate of drug-likeness (QED) is 0.628. The summed E-state index contributed by atoms with van der Waals surface area (Å²) in [5.74, 6) is -0.454. The third-order valence-corrected chi connectivity index (χ3v) is 4.58. The molecule has 2 heterocycles. The fraction of sp³-hybridized carbons (Fsp3) is 0.105. The summed E-state index contributed by atoms with van der Waals surface area (Å²) in [5.41, 5.74) is 4.07. The van der Waals surface area contributed by atoms with E-state index in [1.165, 1.54) is 7.11 Å². The van der Waals surface area contributed by atoms with Gasteiger partial charge in [0.2, 0.25) is 0 Å². The Hall–Kier alpha value is -2.73. The fourth-order valence-electron chi connectivity index (χ4n) is 2.90. The number of aromatic nitrogens is 2. The molecular formula is C19H14BrN3O2. The Morgan fingerprint density at radius 1 is 1.24 bits per heavy atom. The zero-order valence-electron chi connectivity index (χ0n) is 13.4. The molecule has 1 aliphatic heterocycles. The Balaban J connectivity index is 1.96. The third kappa shape index (κ3) is 2.78. The molecule has 0 unspecified atom stereocenters. The Labute approximate surface area is 152 Å². The minimum absolute atomic E-state index is 0.301. The lowest BCUT2D eigenvalue weighted by atomic mass is 10.0. The Morgan fingerprint density at radius 3 is 2.84 bits per heavy atom. The SMILES string of the molecule is COC(=O)c1nn(-c2cccc(Br)c2)c2ccc(C3=CCN=C3)cc12. The van der Waals surface area contributed by atoms with Gasteiger partial charge < -0.3 is 4.74 Å². The van der Waals surface area contributed by atoms with Crippen molar-refractivity contribution in [1.82, 2.24) is 9.78 Å². The van der Waals surface area contributed by atoms with Crippen molar-refractivity contribution >= 4 is 44.6 Å². The van der Waals surface area contributed by atoms with Crippen molar-refractivity contribution in [3.63, 3.8) is 0 Å². The molecule has 0 spiro atoms. The first-order chi connectivity index (χ1) is 12.2. The number of esters is 1. The highest BCUT2D eigenvalue weighted by atomic mass is 79.9. The first kappa shape index (κ1) is 15.8. The van der Waals surface area contributed by atoms with Crippen LogP contribution in [0.5, 0.6) is 0 Å². The summed E-state index contributed by atoms with van der Waals surface area (Å²) in [6.07, 6.45) is 3.90. The van der Waals surface area contributed by atoms with E-state index in [2.05, 4.69) is 32.1 Å². The van der Waals surface area contributed by atoms with Gasteiger partial charge >= 0.3 is 5.97 Å². The summed E-state index contributed by atoms with van der Waals surface area (Å²) < 4.78 is 7.62. The average Bonchev–Trinajstić information content (AvgIpc) is 3.28. The van der Waals surface area contributed by atoms with Crippen LogP contribution in [-0.4, -0.2) is 35.6 Å². The van der Waals surface area contributed by atoms with Crippen LogP contribution in [0.4, 0.5) is 0 Å². The molecule has 0 fully saturated rings. The number of aliphatic imine (C=N–C) groups is 1. The molecule has 2 aromatic carbocycles. The van der Waals surface area contributed by atoms with E-state index in [9.17, 15) is 4.79 Å². The molecular weight excluding hydrogens is 382 g/mol. The van der Waals surface area contributed by atoms with Gasteiger partial charge in [-0.25, -0.2) is 9.48 Å². The molecule has 25 heavy (non-hydrogen) atoms. The molecule has 0 saturated heterocycles. The molecule has 0 bridgehead atoms. The maximum absolute atomic E-state index is 12.2. The van der Waals surface area contributed by atoms with Gasteiger partial charge in [-0.15, -0.1) is 0 Å². The molecule has 3 aromatic rings. The van der Waals surface area contributed by atoms with Crippen LogP contribution < -0.4 is 0 Å². The van der Waals surface area contributed by atoms with Crippen molar-refractivity contribution in [1.29, 1.82) is 0 Å². The van der Waals surface area contributed by atoms with Gasteiger partial charge in [0.15, 0.2) is 5.69 Å². The second-order valence-electron chi connectivity index (χ2n) is 5.62. The highest BCUT2D eigenvalue weighted by molar-refractivity contribution is 9.10. The standard InChI is InChI=1S/C19H14BrN3O2/c1-25-19(24)18-16-9-12(13-7-8-21-11-13)5-6-17(16)23(22-18)15-4-2-3-14(20)10-15/h2-7,9-11H,8H2,1H3. The number of nitrogens with zero attached hydrogens (tertiary/aromatic N) is 3. The maximum Gasteiger partial charge on any atom is 0.359 e. The fourth-order valence-corrected chi connectivity index (χ4v) is 3.28. The van der Waals surface area contributed by atoms with Gasteiger partial charge in [0.25, 0.3) is 0 Å². The lowest BCUT2D eigenvalue weighted by Gasteiger charge is -2.05. The molecule has 1 aliphatic rings. The minimum Gasteiger partial charge on any atom is -0.464 e. The first-order valence-corrected chi connectivity index (χ1v) is 8.54. The number of allylic oxidation sites excluding steroid dienone is 1. The normalized spacial score (nSPS) is 13.3. The van der Waals surface area contributed by atoms with Crippen LogP contribution >= 0.6 is 15.9 Å². The van der Waals surface area contributed by atoms with Crippen LogP contribution in [0.2, 0.25) is 0 Å². The van der Waals surface area contributed by atoms with Crippen LogP contribution in [0.3, 0.4) is 0 Å². The molecule has 0 atom stereocenters. The summed E-state index contributed by atoms with van der Waals surface area (Å²) >= 11 is 3.47. The molecule has 0 saturated carbocycles. The monoisotopic (exact) mass is 395 g/mol. The molecule has 6 heteroatoms. The highest BCUT2D eigenvalue weighted by Gasteiger charge is 2.19. The van der Waals surface area contributed by atoms with E-state index in [4.69, 9.17) is 4.74 Å². The topological polar surface area (TPSA) is 56.5 Å². The minimum atomic E-state index is -0.454. The Kier molecular flexibility index (Phi) is 3.97. The van der Waals surface area contributed by atoms with Crippen molar-refractivity contribution in [2.75, 3.05) is 13.7 Å². The van der Waals surface area contributed by atoms with Gasteiger partial charge in [0, 0.05) is 16.1 Å². The van der Waals surface area contributed by atoms with Gasteiger partial charge in [0.1, 0.15) is 0 Å². The molecule has 0 amide bonds. The van der Waals surface area contributed by atoms with Crippen LogP contribution in [-0.2, 0) is 4.74 Å². The first-order valence-electron chi connectivity index (χ1n) is 7.75. The summed E-state index contributed by atoms with van der Waals surface area (Å²) in [5, 5.41) is 5.26. The van der Waals surface area contributed by atoms with Crippen molar-refractivity contribution in [2.45, 2.75) is 0 Å². The van der Waals surface area contributed by atoms with E-state index < -0.39 is 5.97 Å². The molecule has 0 aliphatic carbocycles. The van der Waals surface area contributed by atoms with Crippen molar-refractivity contribution in [3.8, 4) is 5.69 Å². The number of rotatable bonds is 3. The van der Waals surface area contributed by atoms with Crippen molar-refractivity contribution in [2.24, 2.45) is 4.99 Å². The molecule has 4 rings (SSSR count). The number of ether oxygens (including phenoxy) is 1. The number of carbonyl (C=O) groups excluding carboxylic acids is 1. The molecule has 124 valence electrons. The third-order valence-electron chi connectivity index (χ3n) is 4.09. The Bertz CT molecular complexity index is 1050. The summed E-state index contributed by atoms with van der Waals surface area (Å²) in [6, 6.07) is 13.7. The number of hydrogen-bond donors (Lipinski definition) is 0. The van der Waals surface area contributed by atoms with Crippen molar-refractivity contribution in [3.05, 3.63) is 64.3 Å². The van der Waals surface area contributed by atoms with Crippen molar-refractivity contribution < 1.29 is 9.53 Å². The highest BCUT2D eigenvalue weighted by Crippen LogP contribution is 2.28. The van der Waals surface area contributed by atoms with Crippen LogP contribution in [0.25, 0.3) is 22.2 Å². The number of carbonyl (C=O) groups is 1.